The number of nitro groups is 1. The maximum absolute atomic E-state index is 11.1. The lowest BCUT2D eigenvalue weighted by atomic mass is 10.0. The van der Waals surface area contributed by atoms with Gasteiger partial charge in [0.05, 0.1) is 4.92 Å². The Kier molecular flexibility index (Phi) is 4.16. The molecule has 0 saturated carbocycles. The zero-order valence-corrected chi connectivity index (χ0v) is 13.9. The van der Waals surface area contributed by atoms with Crippen LogP contribution < -0.4 is 4.74 Å². The van der Waals surface area contributed by atoms with Crippen LogP contribution in [0.25, 0.3) is 10.9 Å². The number of hydrogen-bond acceptors (Lipinski definition) is 4. The minimum Gasteiger partial charge on any atom is -0.487 e. The van der Waals surface area contributed by atoms with Gasteiger partial charge in [-0.1, -0.05) is 24.3 Å². The number of para-hydroxylation sites is 1. The third kappa shape index (κ3) is 2.93. The van der Waals surface area contributed by atoms with E-state index in [0.29, 0.717) is 11.3 Å². The standard InChI is InChI=1S/C19H18N2O3/c1-12-7-10-17(21(22)23)14(3)16(12)11-24-18-6-4-5-15-9-8-13(2)20-19(15)18/h4-10H,11H2,1-3H3. The van der Waals surface area contributed by atoms with E-state index in [1.165, 1.54) is 6.07 Å². The highest BCUT2D eigenvalue weighted by atomic mass is 16.6. The Morgan fingerprint density at radius 2 is 1.88 bits per heavy atom. The fourth-order valence-electron chi connectivity index (χ4n) is 2.78. The lowest BCUT2D eigenvalue weighted by molar-refractivity contribution is -0.385. The number of benzene rings is 2. The van der Waals surface area contributed by atoms with Crippen LogP contribution in [0.1, 0.15) is 22.4 Å². The van der Waals surface area contributed by atoms with Gasteiger partial charge in [-0.15, -0.1) is 0 Å². The highest BCUT2D eigenvalue weighted by molar-refractivity contribution is 5.84. The van der Waals surface area contributed by atoms with Crippen molar-refractivity contribution in [1.82, 2.24) is 4.98 Å². The van der Waals surface area contributed by atoms with Crippen molar-refractivity contribution < 1.29 is 9.66 Å². The van der Waals surface area contributed by atoms with Crippen molar-refractivity contribution in [2.24, 2.45) is 0 Å². The Morgan fingerprint density at radius 3 is 2.62 bits per heavy atom. The van der Waals surface area contributed by atoms with Crippen molar-refractivity contribution in [2.75, 3.05) is 0 Å². The molecule has 0 atom stereocenters. The molecule has 2 aromatic carbocycles. The van der Waals surface area contributed by atoms with Crippen LogP contribution in [-0.2, 0) is 6.61 Å². The second kappa shape index (κ2) is 6.28. The first-order valence-electron chi connectivity index (χ1n) is 7.70. The second-order valence-electron chi connectivity index (χ2n) is 5.83. The van der Waals surface area contributed by atoms with E-state index in [4.69, 9.17) is 4.74 Å². The lowest BCUT2D eigenvalue weighted by Crippen LogP contribution is -2.04. The maximum atomic E-state index is 11.1. The van der Waals surface area contributed by atoms with Gasteiger partial charge >= 0.3 is 0 Å². The summed E-state index contributed by atoms with van der Waals surface area (Å²) in [5, 5.41) is 12.1. The van der Waals surface area contributed by atoms with Gasteiger partial charge in [0.25, 0.3) is 5.69 Å². The molecular formula is C19H18N2O3. The third-order valence-corrected chi connectivity index (χ3v) is 4.20. The Labute approximate surface area is 140 Å². The molecule has 5 heteroatoms. The van der Waals surface area contributed by atoms with Crippen LogP contribution in [0.15, 0.2) is 42.5 Å². The van der Waals surface area contributed by atoms with Crippen LogP contribution in [-0.4, -0.2) is 9.91 Å². The second-order valence-corrected chi connectivity index (χ2v) is 5.83. The summed E-state index contributed by atoms with van der Waals surface area (Å²) >= 11 is 0. The Bertz CT molecular complexity index is 935. The van der Waals surface area contributed by atoms with Crippen molar-refractivity contribution in [3.05, 3.63) is 75.0 Å². The van der Waals surface area contributed by atoms with Crippen molar-refractivity contribution in [3.63, 3.8) is 0 Å². The highest BCUT2D eigenvalue weighted by Crippen LogP contribution is 2.28. The molecule has 0 radical (unpaired) electrons. The number of hydrogen-bond donors (Lipinski definition) is 0. The average Bonchev–Trinajstić information content (AvgIpc) is 2.54. The van der Waals surface area contributed by atoms with Crippen LogP contribution in [0, 0.1) is 30.9 Å². The van der Waals surface area contributed by atoms with E-state index in [-0.39, 0.29) is 17.2 Å². The maximum Gasteiger partial charge on any atom is 0.272 e. The molecule has 1 aromatic heterocycles. The third-order valence-electron chi connectivity index (χ3n) is 4.20. The summed E-state index contributed by atoms with van der Waals surface area (Å²) in [6.07, 6.45) is 0. The Balaban J connectivity index is 1.96. The molecule has 0 spiro atoms. The number of pyridine rings is 1. The van der Waals surface area contributed by atoms with E-state index in [0.717, 1.165) is 27.7 Å². The minimum absolute atomic E-state index is 0.117. The van der Waals surface area contributed by atoms with Crippen LogP contribution in [0.5, 0.6) is 5.75 Å². The number of nitro benzene ring substituents is 1. The fourth-order valence-corrected chi connectivity index (χ4v) is 2.78. The number of nitrogens with zero attached hydrogens (tertiary/aromatic N) is 2. The summed E-state index contributed by atoms with van der Waals surface area (Å²) in [5.41, 5.74) is 4.30. The molecule has 0 aliphatic rings. The summed E-state index contributed by atoms with van der Waals surface area (Å²) in [7, 11) is 0. The summed E-state index contributed by atoms with van der Waals surface area (Å²) in [6, 6.07) is 13.0. The SMILES string of the molecule is Cc1ccc2cccc(OCc3c(C)ccc([N+](=O)[O-])c3C)c2n1. The molecule has 0 bridgehead atoms. The van der Waals surface area contributed by atoms with Gasteiger partial charge in [-0.05, 0) is 38.5 Å². The Hall–Kier alpha value is -2.95. The molecule has 0 aliphatic carbocycles. The highest BCUT2D eigenvalue weighted by Gasteiger charge is 2.16. The van der Waals surface area contributed by atoms with E-state index in [2.05, 4.69) is 4.98 Å². The minimum atomic E-state index is -0.360. The quantitative estimate of drug-likeness (QED) is 0.518. The molecule has 0 fully saturated rings. The van der Waals surface area contributed by atoms with Crippen molar-refractivity contribution in [1.29, 1.82) is 0 Å². The first kappa shape index (κ1) is 15.9. The number of fused-ring (bicyclic) bond motifs is 1. The van der Waals surface area contributed by atoms with Gasteiger partial charge < -0.3 is 4.74 Å². The molecule has 1 heterocycles. The van der Waals surface area contributed by atoms with Gasteiger partial charge in [0, 0.05) is 28.3 Å². The Morgan fingerprint density at radius 1 is 1.08 bits per heavy atom. The summed E-state index contributed by atoms with van der Waals surface area (Å²) in [5.74, 6) is 0.682. The molecule has 0 unspecified atom stereocenters. The fraction of sp³-hybridized carbons (Fsp3) is 0.211. The number of aromatic nitrogens is 1. The topological polar surface area (TPSA) is 65.3 Å². The molecular weight excluding hydrogens is 304 g/mol. The number of ether oxygens (including phenoxy) is 1. The predicted molar refractivity (Wildman–Crippen MR) is 93.4 cm³/mol. The van der Waals surface area contributed by atoms with Gasteiger partial charge in [0.15, 0.2) is 0 Å². The predicted octanol–water partition coefficient (Wildman–Crippen LogP) is 4.65. The monoisotopic (exact) mass is 322 g/mol. The van der Waals surface area contributed by atoms with Gasteiger partial charge in [0.2, 0.25) is 0 Å². The van der Waals surface area contributed by atoms with Gasteiger partial charge in [0.1, 0.15) is 17.9 Å². The van der Waals surface area contributed by atoms with Crippen LogP contribution in [0.3, 0.4) is 0 Å². The van der Waals surface area contributed by atoms with Crippen LogP contribution in [0.4, 0.5) is 5.69 Å². The summed E-state index contributed by atoms with van der Waals surface area (Å²) in [4.78, 5) is 15.3. The lowest BCUT2D eigenvalue weighted by Gasteiger charge is -2.13. The van der Waals surface area contributed by atoms with Gasteiger partial charge in [-0.2, -0.15) is 0 Å². The molecule has 3 aromatic rings. The molecule has 24 heavy (non-hydrogen) atoms. The van der Waals surface area contributed by atoms with Crippen LogP contribution >= 0.6 is 0 Å². The zero-order chi connectivity index (χ0) is 17.3. The molecule has 0 N–H and O–H groups in total. The molecule has 122 valence electrons. The van der Waals surface area contributed by atoms with Gasteiger partial charge in [-0.25, -0.2) is 4.98 Å². The van der Waals surface area contributed by atoms with E-state index in [9.17, 15) is 10.1 Å². The summed E-state index contributed by atoms with van der Waals surface area (Å²) < 4.78 is 5.97. The molecule has 3 rings (SSSR count). The molecule has 0 amide bonds. The average molecular weight is 322 g/mol. The van der Waals surface area contributed by atoms with Crippen molar-refractivity contribution in [3.8, 4) is 5.75 Å². The van der Waals surface area contributed by atoms with Crippen molar-refractivity contribution >= 4 is 16.6 Å². The number of aryl methyl sites for hydroxylation is 2. The largest absolute Gasteiger partial charge is 0.487 e. The van der Waals surface area contributed by atoms with E-state index in [1.54, 1.807) is 13.0 Å². The molecule has 0 aliphatic heterocycles. The number of rotatable bonds is 4. The molecule has 5 nitrogen and oxygen atoms in total. The smallest absolute Gasteiger partial charge is 0.272 e. The van der Waals surface area contributed by atoms with E-state index >= 15 is 0 Å². The zero-order valence-electron chi connectivity index (χ0n) is 13.9. The first-order valence-corrected chi connectivity index (χ1v) is 7.70. The van der Waals surface area contributed by atoms with E-state index < -0.39 is 0 Å². The first-order chi connectivity index (χ1) is 11.5. The molecule has 0 saturated heterocycles. The van der Waals surface area contributed by atoms with Crippen molar-refractivity contribution in [2.45, 2.75) is 27.4 Å². The van der Waals surface area contributed by atoms with Gasteiger partial charge in [-0.3, -0.25) is 10.1 Å². The van der Waals surface area contributed by atoms with E-state index in [1.807, 2.05) is 44.2 Å². The van der Waals surface area contributed by atoms with Crippen LogP contribution in [0.2, 0.25) is 0 Å². The normalized spacial score (nSPS) is 10.8. The summed E-state index contributed by atoms with van der Waals surface area (Å²) in [6.45, 7) is 5.90.